The maximum atomic E-state index is 5.84. The molecule has 1 aromatic rings. The maximum absolute atomic E-state index is 5.84. The number of hydrogen-bond acceptors (Lipinski definition) is 5. The zero-order valence-electron chi connectivity index (χ0n) is 10.2. The second-order valence-corrected chi connectivity index (χ2v) is 5.53. The Morgan fingerprint density at radius 3 is 2.69 bits per heavy atom. The van der Waals surface area contributed by atoms with Crippen LogP contribution in [0.25, 0.3) is 0 Å². The van der Waals surface area contributed by atoms with Gasteiger partial charge in [-0.25, -0.2) is 0 Å². The van der Waals surface area contributed by atoms with Gasteiger partial charge >= 0.3 is 0 Å². The van der Waals surface area contributed by atoms with Crippen LogP contribution in [0.15, 0.2) is 4.42 Å². The Morgan fingerprint density at radius 1 is 1.44 bits per heavy atom. The van der Waals surface area contributed by atoms with Crippen molar-refractivity contribution in [3.8, 4) is 0 Å². The van der Waals surface area contributed by atoms with Crippen LogP contribution in [-0.4, -0.2) is 34.2 Å². The van der Waals surface area contributed by atoms with Crippen molar-refractivity contribution in [2.24, 2.45) is 5.73 Å². The summed E-state index contributed by atoms with van der Waals surface area (Å²) < 4.78 is 5.64. The van der Waals surface area contributed by atoms with Gasteiger partial charge in [-0.2, -0.15) is 0 Å². The maximum Gasteiger partial charge on any atom is 0.230 e. The molecule has 5 nitrogen and oxygen atoms in total. The first kappa shape index (κ1) is 11.5. The Morgan fingerprint density at radius 2 is 2.19 bits per heavy atom. The summed E-state index contributed by atoms with van der Waals surface area (Å²) in [4.78, 5) is 2.25. The number of hydrogen-bond donors (Lipinski definition) is 1. The number of nitrogens with two attached hydrogens (primary N) is 1. The van der Waals surface area contributed by atoms with E-state index in [0.717, 1.165) is 26.1 Å². The molecule has 2 N–H and O–H groups in total. The quantitative estimate of drug-likeness (QED) is 0.808. The lowest BCUT2D eigenvalue weighted by Crippen LogP contribution is -2.26. The molecule has 16 heavy (non-hydrogen) atoms. The van der Waals surface area contributed by atoms with Crippen LogP contribution >= 0.6 is 0 Å². The first-order valence-electron chi connectivity index (χ1n) is 5.76. The molecular weight excluding hydrogens is 204 g/mol. The van der Waals surface area contributed by atoms with E-state index in [0.29, 0.717) is 17.8 Å². The van der Waals surface area contributed by atoms with Crippen LogP contribution in [0.4, 0.5) is 0 Å². The molecule has 0 aliphatic carbocycles. The molecule has 0 aromatic carbocycles. The predicted octanol–water partition coefficient (Wildman–Crippen LogP) is 0.900. The van der Waals surface area contributed by atoms with E-state index in [9.17, 15) is 0 Å². The molecule has 1 fully saturated rings. The molecule has 90 valence electrons. The summed E-state index contributed by atoms with van der Waals surface area (Å²) in [6, 6.07) is 0.296. The fourth-order valence-electron chi connectivity index (χ4n) is 1.82. The van der Waals surface area contributed by atoms with E-state index < -0.39 is 0 Å². The molecule has 0 amide bonds. The zero-order valence-corrected chi connectivity index (χ0v) is 10.2. The Kier molecular flexibility index (Phi) is 2.99. The molecule has 0 saturated carbocycles. The lowest BCUT2D eigenvalue weighted by Gasteiger charge is -2.13. The minimum absolute atomic E-state index is 0.0767. The molecule has 1 atom stereocenters. The molecule has 1 aliphatic rings. The van der Waals surface area contributed by atoms with Gasteiger partial charge in [0.25, 0.3) is 0 Å². The molecular formula is C11H20N4O. The first-order chi connectivity index (χ1) is 7.45. The summed E-state index contributed by atoms with van der Waals surface area (Å²) in [5.74, 6) is 1.39. The molecule has 0 bridgehead atoms. The van der Waals surface area contributed by atoms with Gasteiger partial charge in [-0.3, -0.25) is 4.90 Å². The molecule has 0 radical (unpaired) electrons. The third kappa shape index (κ3) is 2.59. The van der Waals surface area contributed by atoms with Gasteiger partial charge in [0.2, 0.25) is 11.8 Å². The third-order valence-corrected chi connectivity index (χ3v) is 2.78. The number of nitrogens with zero attached hydrogens (tertiary/aromatic N) is 3. The van der Waals surface area contributed by atoms with Crippen molar-refractivity contribution in [3.63, 3.8) is 0 Å². The standard InChI is InChI=1S/C11H20N4O/c1-11(2,3)10-14-13-9(16-10)7-15-5-4-8(12)6-15/h8H,4-7,12H2,1-3H3/t8-/m0/s1. The molecule has 0 spiro atoms. The molecule has 1 saturated heterocycles. The van der Waals surface area contributed by atoms with Crippen LogP contribution in [0, 0.1) is 0 Å². The van der Waals surface area contributed by atoms with Crippen LogP contribution in [0.3, 0.4) is 0 Å². The Bertz CT molecular complexity index is 355. The van der Waals surface area contributed by atoms with Crippen molar-refractivity contribution in [3.05, 3.63) is 11.8 Å². The van der Waals surface area contributed by atoms with Crippen LogP contribution in [-0.2, 0) is 12.0 Å². The van der Waals surface area contributed by atoms with Crippen molar-refractivity contribution < 1.29 is 4.42 Å². The van der Waals surface area contributed by atoms with Crippen LogP contribution < -0.4 is 5.73 Å². The lowest BCUT2D eigenvalue weighted by molar-refractivity contribution is 0.274. The van der Waals surface area contributed by atoms with Crippen molar-refractivity contribution in [1.29, 1.82) is 0 Å². The van der Waals surface area contributed by atoms with Crippen molar-refractivity contribution in [2.75, 3.05) is 13.1 Å². The largest absolute Gasteiger partial charge is 0.423 e. The van der Waals surface area contributed by atoms with E-state index >= 15 is 0 Å². The van der Waals surface area contributed by atoms with Crippen molar-refractivity contribution >= 4 is 0 Å². The highest BCUT2D eigenvalue weighted by Gasteiger charge is 2.24. The Balaban J connectivity index is 1.98. The zero-order chi connectivity index (χ0) is 11.8. The predicted molar refractivity (Wildman–Crippen MR) is 60.9 cm³/mol. The van der Waals surface area contributed by atoms with Gasteiger partial charge in [0.05, 0.1) is 6.54 Å². The second-order valence-electron chi connectivity index (χ2n) is 5.53. The van der Waals surface area contributed by atoms with Gasteiger partial charge in [0.15, 0.2) is 0 Å². The van der Waals surface area contributed by atoms with E-state index in [-0.39, 0.29) is 5.41 Å². The fraction of sp³-hybridized carbons (Fsp3) is 0.818. The molecule has 2 heterocycles. The smallest absolute Gasteiger partial charge is 0.230 e. The van der Waals surface area contributed by atoms with Crippen LogP contribution in [0.5, 0.6) is 0 Å². The molecule has 5 heteroatoms. The van der Waals surface area contributed by atoms with E-state index in [4.69, 9.17) is 10.2 Å². The number of likely N-dealkylation sites (tertiary alicyclic amines) is 1. The lowest BCUT2D eigenvalue weighted by atomic mass is 9.97. The van der Waals surface area contributed by atoms with E-state index in [2.05, 4.69) is 35.9 Å². The van der Waals surface area contributed by atoms with Gasteiger partial charge in [-0.1, -0.05) is 20.8 Å². The molecule has 1 aromatic heterocycles. The monoisotopic (exact) mass is 224 g/mol. The molecule has 0 unspecified atom stereocenters. The summed E-state index contributed by atoms with van der Waals surface area (Å²) in [6.07, 6.45) is 1.06. The van der Waals surface area contributed by atoms with Crippen LogP contribution in [0.2, 0.25) is 0 Å². The summed E-state index contributed by atoms with van der Waals surface area (Å²) >= 11 is 0. The van der Waals surface area contributed by atoms with Gasteiger partial charge in [0, 0.05) is 24.5 Å². The molecule has 2 rings (SSSR count). The highest BCUT2D eigenvalue weighted by molar-refractivity contribution is 4.96. The van der Waals surface area contributed by atoms with E-state index in [1.165, 1.54) is 0 Å². The second kappa shape index (κ2) is 4.14. The summed E-state index contributed by atoms with van der Waals surface area (Å²) in [5.41, 5.74) is 5.77. The van der Waals surface area contributed by atoms with Gasteiger partial charge in [-0.15, -0.1) is 10.2 Å². The number of rotatable bonds is 2. The first-order valence-corrected chi connectivity index (χ1v) is 5.76. The highest BCUT2D eigenvalue weighted by atomic mass is 16.4. The highest BCUT2D eigenvalue weighted by Crippen LogP contribution is 2.21. The van der Waals surface area contributed by atoms with Crippen molar-refractivity contribution in [2.45, 2.75) is 45.2 Å². The fourth-order valence-corrected chi connectivity index (χ4v) is 1.82. The average Bonchev–Trinajstić information content (AvgIpc) is 2.74. The third-order valence-electron chi connectivity index (χ3n) is 2.78. The van der Waals surface area contributed by atoms with Gasteiger partial charge < -0.3 is 10.2 Å². The minimum atomic E-state index is -0.0767. The number of aromatic nitrogens is 2. The van der Waals surface area contributed by atoms with E-state index in [1.54, 1.807) is 0 Å². The summed E-state index contributed by atoms with van der Waals surface area (Å²) in [6.45, 7) is 8.86. The Hall–Kier alpha value is -0.940. The van der Waals surface area contributed by atoms with E-state index in [1.807, 2.05) is 0 Å². The Labute approximate surface area is 96.0 Å². The summed E-state index contributed by atoms with van der Waals surface area (Å²) in [7, 11) is 0. The van der Waals surface area contributed by atoms with Gasteiger partial charge in [-0.05, 0) is 6.42 Å². The van der Waals surface area contributed by atoms with Crippen LogP contribution in [0.1, 0.15) is 39.0 Å². The topological polar surface area (TPSA) is 68.2 Å². The normalized spacial score (nSPS) is 22.9. The van der Waals surface area contributed by atoms with Gasteiger partial charge in [0.1, 0.15) is 0 Å². The SMILES string of the molecule is CC(C)(C)c1nnc(CN2CC[C@H](N)C2)o1. The molecule has 1 aliphatic heterocycles. The van der Waals surface area contributed by atoms with Crippen molar-refractivity contribution in [1.82, 2.24) is 15.1 Å². The average molecular weight is 224 g/mol. The summed E-state index contributed by atoms with van der Waals surface area (Å²) in [5, 5.41) is 8.15. The minimum Gasteiger partial charge on any atom is -0.423 e.